The molecule has 6 nitrogen and oxygen atoms in total. The highest BCUT2D eigenvalue weighted by molar-refractivity contribution is 6.31. The van der Waals surface area contributed by atoms with Gasteiger partial charge in [-0.15, -0.1) is 0 Å². The first-order chi connectivity index (χ1) is 11.3. The quantitative estimate of drug-likeness (QED) is 0.908. The Kier molecular flexibility index (Phi) is 4.50. The van der Waals surface area contributed by atoms with Crippen molar-refractivity contribution in [3.05, 3.63) is 43.8 Å². The lowest BCUT2D eigenvalue weighted by Gasteiger charge is -2.40. The van der Waals surface area contributed by atoms with Gasteiger partial charge in [0, 0.05) is 25.2 Å². The van der Waals surface area contributed by atoms with Crippen LogP contribution < -0.4 is 11.2 Å². The average molecular weight is 356 g/mol. The Morgan fingerprint density at radius 1 is 1.29 bits per heavy atom. The van der Waals surface area contributed by atoms with Crippen molar-refractivity contribution >= 4 is 22.5 Å². The van der Waals surface area contributed by atoms with Crippen LogP contribution in [0.25, 0.3) is 10.9 Å². The zero-order valence-electron chi connectivity index (χ0n) is 13.6. The molecule has 24 heavy (non-hydrogen) atoms. The van der Waals surface area contributed by atoms with Gasteiger partial charge in [-0.1, -0.05) is 11.6 Å². The summed E-state index contributed by atoms with van der Waals surface area (Å²) in [6, 6.07) is 2.32. The van der Waals surface area contributed by atoms with Gasteiger partial charge in [0.15, 0.2) is 0 Å². The van der Waals surface area contributed by atoms with Crippen molar-refractivity contribution in [1.82, 2.24) is 14.5 Å². The van der Waals surface area contributed by atoms with Crippen molar-refractivity contribution in [3.63, 3.8) is 0 Å². The van der Waals surface area contributed by atoms with E-state index < -0.39 is 22.6 Å². The first-order valence-electron chi connectivity index (χ1n) is 7.74. The van der Waals surface area contributed by atoms with Crippen LogP contribution in [0.2, 0.25) is 5.02 Å². The molecule has 0 radical (unpaired) electrons. The van der Waals surface area contributed by atoms with E-state index in [-0.39, 0.29) is 22.5 Å². The summed E-state index contributed by atoms with van der Waals surface area (Å²) >= 11 is 5.77. The van der Waals surface area contributed by atoms with Crippen molar-refractivity contribution < 1.29 is 9.13 Å². The number of fused-ring (bicyclic) bond motifs is 1. The van der Waals surface area contributed by atoms with Crippen molar-refractivity contribution in [2.45, 2.75) is 25.9 Å². The van der Waals surface area contributed by atoms with Crippen LogP contribution in [0, 0.1) is 5.82 Å². The molecule has 2 aromatic rings. The summed E-state index contributed by atoms with van der Waals surface area (Å²) in [5.41, 5.74) is -1.29. The molecule has 0 amide bonds. The molecule has 1 aliphatic heterocycles. The highest BCUT2D eigenvalue weighted by atomic mass is 35.5. The summed E-state index contributed by atoms with van der Waals surface area (Å²) in [6.07, 6.45) is 0. The van der Waals surface area contributed by atoms with Gasteiger partial charge in [0.25, 0.3) is 5.56 Å². The van der Waals surface area contributed by atoms with Crippen LogP contribution in [-0.2, 0) is 11.3 Å². The van der Waals surface area contributed by atoms with E-state index in [4.69, 9.17) is 16.3 Å². The van der Waals surface area contributed by atoms with Gasteiger partial charge in [-0.05, 0) is 26.0 Å². The van der Waals surface area contributed by atoms with Crippen LogP contribution >= 0.6 is 11.6 Å². The minimum atomic E-state index is -0.675. The number of aromatic amines is 1. The summed E-state index contributed by atoms with van der Waals surface area (Å²) in [5.74, 6) is -0.675. The maximum Gasteiger partial charge on any atom is 0.328 e. The van der Waals surface area contributed by atoms with Crippen LogP contribution in [0.3, 0.4) is 0 Å². The highest BCUT2D eigenvalue weighted by Crippen LogP contribution is 2.20. The van der Waals surface area contributed by atoms with E-state index in [0.717, 1.165) is 23.7 Å². The molecule has 1 aromatic heterocycles. The minimum Gasteiger partial charge on any atom is -0.379 e. The zero-order chi connectivity index (χ0) is 17.5. The second kappa shape index (κ2) is 6.31. The molecule has 1 saturated heterocycles. The van der Waals surface area contributed by atoms with E-state index in [0.29, 0.717) is 13.2 Å². The molecule has 0 atom stereocenters. The highest BCUT2D eigenvalue weighted by Gasteiger charge is 2.30. The fraction of sp³-hybridized carbons (Fsp3) is 0.500. The van der Waals surface area contributed by atoms with Gasteiger partial charge >= 0.3 is 5.69 Å². The number of morpholine rings is 1. The third-order valence-corrected chi connectivity index (χ3v) is 4.72. The fourth-order valence-electron chi connectivity index (χ4n) is 3.05. The smallest absolute Gasteiger partial charge is 0.328 e. The normalized spacial score (nSPS) is 16.7. The number of ether oxygens (including phenoxy) is 1. The molecule has 0 spiro atoms. The molecule has 0 unspecified atom stereocenters. The van der Waals surface area contributed by atoms with E-state index in [9.17, 15) is 14.0 Å². The van der Waals surface area contributed by atoms with Gasteiger partial charge in [0.2, 0.25) is 0 Å². The second-order valence-electron chi connectivity index (χ2n) is 6.55. The van der Waals surface area contributed by atoms with E-state index >= 15 is 0 Å². The van der Waals surface area contributed by atoms with E-state index in [1.807, 2.05) is 13.8 Å². The first-order valence-corrected chi connectivity index (χ1v) is 8.12. The number of nitrogens with one attached hydrogen (secondary N) is 1. The number of nitrogens with zero attached hydrogens (tertiary/aromatic N) is 2. The van der Waals surface area contributed by atoms with Crippen molar-refractivity contribution in [2.24, 2.45) is 0 Å². The van der Waals surface area contributed by atoms with Crippen LogP contribution in [0.4, 0.5) is 4.39 Å². The van der Waals surface area contributed by atoms with Crippen LogP contribution in [0.1, 0.15) is 13.8 Å². The molecule has 0 aliphatic carbocycles. The summed E-state index contributed by atoms with van der Waals surface area (Å²) in [4.78, 5) is 29.8. The number of H-pyrrole nitrogens is 1. The largest absolute Gasteiger partial charge is 0.379 e. The fourth-order valence-corrected chi connectivity index (χ4v) is 3.21. The zero-order valence-corrected chi connectivity index (χ0v) is 14.3. The summed E-state index contributed by atoms with van der Waals surface area (Å²) in [6.45, 7) is 6.90. The summed E-state index contributed by atoms with van der Waals surface area (Å²) in [7, 11) is 0. The Morgan fingerprint density at radius 3 is 2.62 bits per heavy atom. The van der Waals surface area contributed by atoms with Gasteiger partial charge in [0.1, 0.15) is 5.82 Å². The van der Waals surface area contributed by atoms with Crippen molar-refractivity contribution in [2.75, 3.05) is 26.3 Å². The van der Waals surface area contributed by atoms with Crippen LogP contribution in [0.15, 0.2) is 21.7 Å². The molecular weight excluding hydrogens is 337 g/mol. The number of aromatic nitrogens is 2. The molecule has 0 saturated carbocycles. The van der Waals surface area contributed by atoms with E-state index in [1.165, 1.54) is 6.07 Å². The predicted octanol–water partition coefficient (Wildman–Crippen LogP) is 1.59. The van der Waals surface area contributed by atoms with Gasteiger partial charge in [-0.3, -0.25) is 14.3 Å². The second-order valence-corrected chi connectivity index (χ2v) is 6.95. The summed E-state index contributed by atoms with van der Waals surface area (Å²) < 4.78 is 20.0. The Bertz CT molecular complexity index is 884. The third kappa shape index (κ3) is 3.11. The maximum atomic E-state index is 13.5. The number of hydrogen-bond acceptors (Lipinski definition) is 4. The van der Waals surface area contributed by atoms with Crippen LogP contribution in [-0.4, -0.2) is 46.3 Å². The van der Waals surface area contributed by atoms with Gasteiger partial charge in [-0.2, -0.15) is 0 Å². The molecule has 130 valence electrons. The number of hydrogen-bond donors (Lipinski definition) is 1. The standard InChI is InChI=1S/C16H19ClFN3O3/c1-16(2,20-3-5-24-6-4-20)9-21-14(22)10-7-11(17)12(18)8-13(10)19-15(21)23/h7-8H,3-6,9H2,1-2H3,(H,19,23). The van der Waals surface area contributed by atoms with Gasteiger partial charge in [-0.25, -0.2) is 9.18 Å². The Balaban J connectivity index is 2.04. The monoisotopic (exact) mass is 355 g/mol. The molecule has 1 fully saturated rings. The lowest BCUT2D eigenvalue weighted by atomic mass is 10.0. The van der Waals surface area contributed by atoms with E-state index in [2.05, 4.69) is 9.88 Å². The molecule has 0 bridgehead atoms. The molecule has 2 heterocycles. The SMILES string of the molecule is CC(C)(Cn1c(=O)[nH]c2cc(F)c(Cl)cc2c1=O)N1CCOCC1. The Labute approximate surface area is 142 Å². The lowest BCUT2D eigenvalue weighted by molar-refractivity contribution is -0.0162. The minimum absolute atomic E-state index is 0.146. The predicted molar refractivity (Wildman–Crippen MR) is 90.3 cm³/mol. The summed E-state index contributed by atoms with van der Waals surface area (Å²) in [5, 5.41) is 0.0458. The molecule has 1 N–H and O–H groups in total. The lowest BCUT2D eigenvalue weighted by Crippen LogP contribution is -2.54. The molecule has 8 heteroatoms. The Hall–Kier alpha value is -1.70. The molecule has 3 rings (SSSR count). The molecular formula is C16H19ClFN3O3. The van der Waals surface area contributed by atoms with Crippen LogP contribution in [0.5, 0.6) is 0 Å². The van der Waals surface area contributed by atoms with Gasteiger partial charge < -0.3 is 9.72 Å². The maximum absolute atomic E-state index is 13.5. The van der Waals surface area contributed by atoms with Crippen molar-refractivity contribution in [1.29, 1.82) is 0 Å². The number of benzene rings is 1. The molecule has 1 aliphatic rings. The molecule has 1 aromatic carbocycles. The van der Waals surface area contributed by atoms with Gasteiger partial charge in [0.05, 0.1) is 29.1 Å². The Morgan fingerprint density at radius 2 is 1.96 bits per heavy atom. The number of halogens is 2. The third-order valence-electron chi connectivity index (χ3n) is 4.43. The van der Waals surface area contributed by atoms with E-state index in [1.54, 1.807) is 0 Å². The first kappa shape index (κ1) is 17.1. The topological polar surface area (TPSA) is 67.3 Å². The van der Waals surface area contributed by atoms with Crippen molar-refractivity contribution in [3.8, 4) is 0 Å². The number of rotatable bonds is 3. The average Bonchev–Trinajstić information content (AvgIpc) is 2.55.